The smallest absolute Gasteiger partial charge is 0.252 e. The fourth-order valence-electron chi connectivity index (χ4n) is 2.21. The fraction of sp³-hybridized carbons (Fsp3) is 0.118. The number of halogens is 1. The number of hydrogen-bond donors (Lipinski definition) is 2. The van der Waals surface area contributed by atoms with Gasteiger partial charge in [-0.2, -0.15) is 0 Å². The molecule has 0 saturated heterocycles. The number of carbonyl (C=O) groups excluding carboxylic acids is 1. The van der Waals surface area contributed by atoms with E-state index in [2.05, 4.69) is 15.3 Å². The number of aliphatic hydroxyl groups is 1. The molecule has 0 aliphatic rings. The second-order valence-electron chi connectivity index (χ2n) is 5.12. The van der Waals surface area contributed by atoms with Crippen LogP contribution < -0.4 is 5.32 Å². The van der Waals surface area contributed by atoms with Crippen molar-refractivity contribution in [2.45, 2.75) is 6.10 Å². The lowest BCUT2D eigenvalue weighted by Gasteiger charge is -2.13. The number of aliphatic hydroxyl groups excluding tert-OH is 1. The van der Waals surface area contributed by atoms with Crippen LogP contribution >= 0.6 is 0 Å². The molecule has 1 amide bonds. The van der Waals surface area contributed by atoms with Gasteiger partial charge in [-0.15, -0.1) is 0 Å². The Balaban J connectivity index is 1.62. The minimum atomic E-state index is -1.12. The zero-order valence-corrected chi connectivity index (χ0v) is 12.6. The lowest BCUT2D eigenvalue weighted by atomic mass is 10.1. The average Bonchev–Trinajstić information content (AvgIpc) is 3.14. The second kappa shape index (κ2) is 7.01. The number of amides is 1. The van der Waals surface area contributed by atoms with Crippen LogP contribution in [0.3, 0.4) is 0 Å². The number of hydrogen-bond acceptors (Lipinski definition) is 4. The molecule has 122 valence electrons. The molecule has 0 bridgehead atoms. The van der Waals surface area contributed by atoms with Gasteiger partial charge >= 0.3 is 0 Å². The van der Waals surface area contributed by atoms with Gasteiger partial charge < -0.3 is 10.4 Å². The molecule has 0 spiro atoms. The third kappa shape index (κ3) is 3.47. The summed E-state index contributed by atoms with van der Waals surface area (Å²) in [5.74, 6) is -0.267. The van der Waals surface area contributed by atoms with Crippen molar-refractivity contribution in [2.75, 3.05) is 6.54 Å². The van der Waals surface area contributed by atoms with Gasteiger partial charge in [0.2, 0.25) is 0 Å². The lowest BCUT2D eigenvalue weighted by Crippen LogP contribution is -2.28. The maximum absolute atomic E-state index is 13.6. The first-order chi connectivity index (χ1) is 11.6. The van der Waals surface area contributed by atoms with Gasteiger partial charge in [0, 0.05) is 30.7 Å². The summed E-state index contributed by atoms with van der Waals surface area (Å²) >= 11 is 0. The van der Waals surface area contributed by atoms with Gasteiger partial charge in [0.05, 0.1) is 11.7 Å². The van der Waals surface area contributed by atoms with Gasteiger partial charge in [-0.3, -0.25) is 9.36 Å². The topological polar surface area (TPSA) is 80.0 Å². The molecule has 6 nitrogen and oxygen atoms in total. The Hall–Kier alpha value is -3.06. The minimum absolute atomic E-state index is 0.0942. The molecule has 3 aromatic rings. The molecule has 0 aliphatic heterocycles. The van der Waals surface area contributed by atoms with Crippen LogP contribution in [0.4, 0.5) is 4.39 Å². The summed E-state index contributed by atoms with van der Waals surface area (Å²) in [6.07, 6.45) is 5.29. The van der Waals surface area contributed by atoms with Gasteiger partial charge in [0.25, 0.3) is 5.91 Å². The van der Waals surface area contributed by atoms with Crippen LogP contribution in [-0.2, 0) is 0 Å². The van der Waals surface area contributed by atoms with Crippen LogP contribution in [-0.4, -0.2) is 32.1 Å². The standard InChI is InChI=1S/C17H15FN4O2/c18-14-4-2-1-3-13(14)15(23)10-21-17(24)12-5-6-16(20-9-12)22-8-7-19-11-22/h1-9,11,15,23H,10H2,(H,21,24). The fourth-order valence-corrected chi connectivity index (χ4v) is 2.21. The van der Waals surface area contributed by atoms with Crippen LogP contribution in [0.5, 0.6) is 0 Å². The molecule has 7 heteroatoms. The molecular formula is C17H15FN4O2. The van der Waals surface area contributed by atoms with E-state index in [-0.39, 0.29) is 12.1 Å². The van der Waals surface area contributed by atoms with Gasteiger partial charge in [0.15, 0.2) is 0 Å². The van der Waals surface area contributed by atoms with Crippen molar-refractivity contribution in [3.63, 3.8) is 0 Å². The largest absolute Gasteiger partial charge is 0.386 e. The first kappa shape index (κ1) is 15.8. The Bertz CT molecular complexity index is 819. The first-order valence-corrected chi connectivity index (χ1v) is 7.30. The minimum Gasteiger partial charge on any atom is -0.386 e. The molecule has 1 aromatic carbocycles. The summed E-state index contributed by atoms with van der Waals surface area (Å²) in [6.45, 7) is -0.0942. The maximum Gasteiger partial charge on any atom is 0.252 e. The highest BCUT2D eigenvalue weighted by Crippen LogP contribution is 2.15. The van der Waals surface area contributed by atoms with E-state index < -0.39 is 17.8 Å². The maximum atomic E-state index is 13.6. The average molecular weight is 326 g/mol. The number of imidazole rings is 1. The van der Waals surface area contributed by atoms with Crippen LogP contribution in [0.15, 0.2) is 61.3 Å². The Morgan fingerprint density at radius 3 is 2.79 bits per heavy atom. The van der Waals surface area contributed by atoms with E-state index in [0.717, 1.165) is 0 Å². The van der Waals surface area contributed by atoms with Crippen molar-refractivity contribution in [3.05, 3.63) is 78.3 Å². The molecule has 3 rings (SSSR count). The molecule has 1 unspecified atom stereocenters. The van der Waals surface area contributed by atoms with E-state index in [1.807, 2.05) is 0 Å². The van der Waals surface area contributed by atoms with E-state index in [9.17, 15) is 14.3 Å². The van der Waals surface area contributed by atoms with Crippen molar-refractivity contribution >= 4 is 5.91 Å². The van der Waals surface area contributed by atoms with Crippen molar-refractivity contribution in [2.24, 2.45) is 0 Å². The molecular weight excluding hydrogens is 311 g/mol. The highest BCUT2D eigenvalue weighted by Gasteiger charge is 2.14. The van der Waals surface area contributed by atoms with Crippen LogP contribution in [0.1, 0.15) is 22.0 Å². The van der Waals surface area contributed by atoms with Crippen LogP contribution in [0, 0.1) is 5.82 Å². The van der Waals surface area contributed by atoms with Gasteiger partial charge in [-0.05, 0) is 18.2 Å². The van der Waals surface area contributed by atoms with Crippen molar-refractivity contribution in [1.82, 2.24) is 19.9 Å². The van der Waals surface area contributed by atoms with Crippen molar-refractivity contribution < 1.29 is 14.3 Å². The number of pyridine rings is 1. The zero-order chi connectivity index (χ0) is 16.9. The molecule has 1 atom stereocenters. The number of carbonyl (C=O) groups is 1. The summed E-state index contributed by atoms with van der Waals surface area (Å²) in [5.41, 5.74) is 0.492. The normalized spacial score (nSPS) is 11.9. The van der Waals surface area contributed by atoms with E-state index in [1.54, 1.807) is 41.5 Å². The number of benzene rings is 1. The first-order valence-electron chi connectivity index (χ1n) is 7.30. The van der Waals surface area contributed by atoms with E-state index in [1.165, 1.54) is 24.4 Å². The van der Waals surface area contributed by atoms with E-state index in [0.29, 0.717) is 11.4 Å². The second-order valence-corrected chi connectivity index (χ2v) is 5.12. The molecule has 0 saturated carbocycles. The van der Waals surface area contributed by atoms with Gasteiger partial charge in [-0.25, -0.2) is 14.4 Å². The summed E-state index contributed by atoms with van der Waals surface area (Å²) in [6, 6.07) is 9.21. The number of nitrogens with one attached hydrogen (secondary N) is 1. The molecule has 0 fully saturated rings. The lowest BCUT2D eigenvalue weighted by molar-refractivity contribution is 0.0913. The van der Waals surface area contributed by atoms with Gasteiger partial charge in [-0.1, -0.05) is 18.2 Å². The number of aromatic nitrogens is 3. The van der Waals surface area contributed by atoms with E-state index in [4.69, 9.17) is 0 Å². The SMILES string of the molecule is O=C(NCC(O)c1ccccc1F)c1ccc(-n2ccnc2)nc1. The van der Waals surface area contributed by atoms with Crippen molar-refractivity contribution in [3.8, 4) is 5.82 Å². The highest BCUT2D eigenvalue weighted by atomic mass is 19.1. The molecule has 24 heavy (non-hydrogen) atoms. The Kier molecular flexibility index (Phi) is 4.62. The number of nitrogens with zero attached hydrogens (tertiary/aromatic N) is 3. The summed E-state index contributed by atoms with van der Waals surface area (Å²) in [7, 11) is 0. The third-order valence-corrected chi connectivity index (χ3v) is 3.50. The third-order valence-electron chi connectivity index (χ3n) is 3.50. The predicted octanol–water partition coefficient (Wildman–Crippen LogP) is 1.87. The zero-order valence-electron chi connectivity index (χ0n) is 12.6. The van der Waals surface area contributed by atoms with Crippen LogP contribution in [0.2, 0.25) is 0 Å². The Labute approximate surface area is 137 Å². The summed E-state index contributed by atoms with van der Waals surface area (Å²) in [4.78, 5) is 20.2. The Morgan fingerprint density at radius 1 is 1.29 bits per heavy atom. The van der Waals surface area contributed by atoms with Crippen molar-refractivity contribution in [1.29, 1.82) is 0 Å². The number of rotatable bonds is 5. The molecule has 2 N–H and O–H groups in total. The molecule has 2 aromatic heterocycles. The highest BCUT2D eigenvalue weighted by molar-refractivity contribution is 5.93. The predicted molar refractivity (Wildman–Crippen MR) is 85.1 cm³/mol. The van der Waals surface area contributed by atoms with E-state index >= 15 is 0 Å². The van der Waals surface area contributed by atoms with Gasteiger partial charge in [0.1, 0.15) is 18.0 Å². The molecule has 0 radical (unpaired) electrons. The summed E-state index contributed by atoms with van der Waals surface area (Å²) in [5, 5.41) is 12.5. The molecule has 0 aliphatic carbocycles. The van der Waals surface area contributed by atoms with Crippen LogP contribution in [0.25, 0.3) is 5.82 Å². The Morgan fingerprint density at radius 2 is 2.12 bits per heavy atom. The quantitative estimate of drug-likeness (QED) is 0.750. The summed E-state index contributed by atoms with van der Waals surface area (Å²) < 4.78 is 15.3. The molecule has 2 heterocycles. The monoisotopic (exact) mass is 326 g/mol.